The molecule has 3 aromatic rings. The van der Waals surface area contributed by atoms with E-state index in [1.807, 2.05) is 30.0 Å². The average Bonchev–Trinajstić information content (AvgIpc) is 3.78. The van der Waals surface area contributed by atoms with Crippen LogP contribution in [0.4, 0.5) is 5.69 Å². The number of halogens is 2. The van der Waals surface area contributed by atoms with Gasteiger partial charge in [0.25, 0.3) is 0 Å². The lowest BCUT2D eigenvalue weighted by Crippen LogP contribution is -2.61. The second-order valence-electron chi connectivity index (χ2n) is 10.7. The Morgan fingerprint density at radius 3 is 2.37 bits per heavy atom. The zero-order valence-corrected chi connectivity index (χ0v) is 25.1. The number of amides is 2. The summed E-state index contributed by atoms with van der Waals surface area (Å²) in [6, 6.07) is 16.6. The summed E-state index contributed by atoms with van der Waals surface area (Å²) in [5.41, 5.74) is 5.17. The molecule has 3 aromatic carbocycles. The SMILES string of the molecule is Cc1cc(Cl)c(OCCOc2ccc(N3C(=O)CNC[C@@H]3C(=O)N(Cc3cccc(C)c3C)C3CC3)cc2)c(Cl)c1. The van der Waals surface area contributed by atoms with Crippen molar-refractivity contribution in [2.45, 2.75) is 52.2 Å². The van der Waals surface area contributed by atoms with E-state index in [0.29, 0.717) is 40.3 Å². The van der Waals surface area contributed by atoms with Crippen molar-refractivity contribution < 1.29 is 19.1 Å². The summed E-state index contributed by atoms with van der Waals surface area (Å²) in [7, 11) is 0. The predicted octanol–water partition coefficient (Wildman–Crippen LogP) is 5.87. The molecule has 7 nitrogen and oxygen atoms in total. The number of hydrogen-bond acceptors (Lipinski definition) is 5. The van der Waals surface area contributed by atoms with Gasteiger partial charge < -0.3 is 19.7 Å². The Morgan fingerprint density at radius 1 is 1.00 bits per heavy atom. The van der Waals surface area contributed by atoms with Crippen molar-refractivity contribution in [2.75, 3.05) is 31.2 Å². The van der Waals surface area contributed by atoms with Gasteiger partial charge in [0, 0.05) is 24.8 Å². The fourth-order valence-electron chi connectivity index (χ4n) is 5.15. The second kappa shape index (κ2) is 12.7. The maximum absolute atomic E-state index is 14.0. The Morgan fingerprint density at radius 2 is 1.68 bits per heavy atom. The minimum absolute atomic E-state index is 0.0279. The molecule has 5 rings (SSSR count). The number of rotatable bonds is 10. The maximum atomic E-state index is 14.0. The molecule has 1 heterocycles. The van der Waals surface area contributed by atoms with Gasteiger partial charge in [-0.05, 0) is 92.3 Å². The van der Waals surface area contributed by atoms with Crippen LogP contribution < -0.4 is 19.7 Å². The van der Waals surface area contributed by atoms with Crippen molar-refractivity contribution in [1.82, 2.24) is 10.2 Å². The van der Waals surface area contributed by atoms with Crippen molar-refractivity contribution in [3.8, 4) is 11.5 Å². The molecule has 41 heavy (non-hydrogen) atoms. The van der Waals surface area contributed by atoms with Crippen LogP contribution in [0.2, 0.25) is 10.0 Å². The average molecular weight is 597 g/mol. The Bertz CT molecular complexity index is 1400. The van der Waals surface area contributed by atoms with Crippen LogP contribution >= 0.6 is 23.2 Å². The van der Waals surface area contributed by atoms with Crippen molar-refractivity contribution in [3.05, 3.63) is 86.9 Å². The van der Waals surface area contributed by atoms with E-state index in [2.05, 4.69) is 31.3 Å². The molecular weight excluding hydrogens is 561 g/mol. The first-order valence-electron chi connectivity index (χ1n) is 13.9. The Hall–Kier alpha value is -3.26. The highest BCUT2D eigenvalue weighted by Gasteiger charge is 2.41. The minimum Gasteiger partial charge on any atom is -0.490 e. The molecular formula is C32H35Cl2N3O4. The molecule has 2 fully saturated rings. The van der Waals surface area contributed by atoms with E-state index in [1.54, 1.807) is 29.2 Å². The first kappa shape index (κ1) is 29.2. The van der Waals surface area contributed by atoms with Gasteiger partial charge in [-0.15, -0.1) is 0 Å². The lowest BCUT2D eigenvalue weighted by Gasteiger charge is -2.38. The predicted molar refractivity (Wildman–Crippen MR) is 162 cm³/mol. The molecule has 1 atom stereocenters. The Kier molecular flexibility index (Phi) is 9.07. The molecule has 0 aromatic heterocycles. The summed E-state index contributed by atoms with van der Waals surface area (Å²) in [5.74, 6) is 0.896. The van der Waals surface area contributed by atoms with Crippen molar-refractivity contribution in [2.24, 2.45) is 0 Å². The topological polar surface area (TPSA) is 71.1 Å². The van der Waals surface area contributed by atoms with Crippen molar-refractivity contribution in [1.29, 1.82) is 0 Å². The van der Waals surface area contributed by atoms with Crippen LogP contribution in [0, 0.1) is 20.8 Å². The van der Waals surface area contributed by atoms with Crippen LogP contribution in [0.25, 0.3) is 0 Å². The molecule has 0 unspecified atom stereocenters. The van der Waals surface area contributed by atoms with Gasteiger partial charge >= 0.3 is 0 Å². The van der Waals surface area contributed by atoms with E-state index in [1.165, 1.54) is 11.1 Å². The number of anilines is 1. The third-order valence-electron chi connectivity index (χ3n) is 7.66. The lowest BCUT2D eigenvalue weighted by atomic mass is 10.0. The quantitative estimate of drug-likeness (QED) is 0.297. The zero-order valence-electron chi connectivity index (χ0n) is 23.6. The number of nitrogens with one attached hydrogen (secondary N) is 1. The van der Waals surface area contributed by atoms with Crippen LogP contribution in [0.3, 0.4) is 0 Å². The van der Waals surface area contributed by atoms with E-state index >= 15 is 0 Å². The summed E-state index contributed by atoms with van der Waals surface area (Å²) in [6.07, 6.45) is 1.98. The molecule has 0 radical (unpaired) electrons. The molecule has 216 valence electrons. The molecule has 1 saturated carbocycles. The summed E-state index contributed by atoms with van der Waals surface area (Å²) in [6.45, 7) is 7.77. The lowest BCUT2D eigenvalue weighted by molar-refractivity contribution is -0.136. The number of hydrogen-bond donors (Lipinski definition) is 1. The molecule has 2 aliphatic rings. The highest BCUT2D eigenvalue weighted by Crippen LogP contribution is 2.34. The van der Waals surface area contributed by atoms with Crippen molar-refractivity contribution in [3.63, 3.8) is 0 Å². The van der Waals surface area contributed by atoms with Gasteiger partial charge in [-0.1, -0.05) is 41.4 Å². The molecule has 0 bridgehead atoms. The van der Waals surface area contributed by atoms with Crippen LogP contribution in [0.15, 0.2) is 54.6 Å². The highest BCUT2D eigenvalue weighted by molar-refractivity contribution is 6.37. The maximum Gasteiger partial charge on any atom is 0.247 e. The highest BCUT2D eigenvalue weighted by atomic mass is 35.5. The van der Waals surface area contributed by atoms with Crippen LogP contribution in [0.5, 0.6) is 11.5 Å². The number of piperazine rings is 1. The molecule has 1 N–H and O–H groups in total. The van der Waals surface area contributed by atoms with Gasteiger partial charge in [0.1, 0.15) is 25.0 Å². The van der Waals surface area contributed by atoms with Gasteiger partial charge in [-0.2, -0.15) is 0 Å². The summed E-state index contributed by atoms with van der Waals surface area (Å²) < 4.78 is 11.6. The van der Waals surface area contributed by atoms with Gasteiger partial charge in [0.15, 0.2) is 5.75 Å². The van der Waals surface area contributed by atoms with E-state index < -0.39 is 6.04 Å². The summed E-state index contributed by atoms with van der Waals surface area (Å²) in [5, 5.41) is 4.05. The monoisotopic (exact) mass is 595 g/mol. The number of aryl methyl sites for hydroxylation is 2. The number of carbonyl (C=O) groups is 2. The fourth-order valence-corrected chi connectivity index (χ4v) is 5.86. The van der Waals surface area contributed by atoms with E-state index in [9.17, 15) is 9.59 Å². The van der Waals surface area contributed by atoms with Crippen LogP contribution in [0.1, 0.15) is 35.1 Å². The summed E-state index contributed by atoms with van der Waals surface area (Å²) in [4.78, 5) is 30.7. The second-order valence-corrected chi connectivity index (χ2v) is 11.5. The van der Waals surface area contributed by atoms with Gasteiger partial charge in [0.05, 0.1) is 16.6 Å². The normalized spacial score (nSPS) is 17.0. The molecule has 1 aliphatic heterocycles. The van der Waals surface area contributed by atoms with Crippen LogP contribution in [-0.2, 0) is 16.1 Å². The third-order valence-corrected chi connectivity index (χ3v) is 8.23. The largest absolute Gasteiger partial charge is 0.490 e. The number of ether oxygens (including phenoxy) is 2. The van der Waals surface area contributed by atoms with Gasteiger partial charge in [-0.25, -0.2) is 0 Å². The van der Waals surface area contributed by atoms with Gasteiger partial charge in [-0.3, -0.25) is 14.5 Å². The van der Waals surface area contributed by atoms with E-state index in [-0.39, 0.29) is 37.6 Å². The Labute approximate surface area is 251 Å². The third kappa shape index (κ3) is 6.80. The first-order chi connectivity index (χ1) is 19.7. The molecule has 2 amide bonds. The fraction of sp³-hybridized carbons (Fsp3) is 0.375. The smallest absolute Gasteiger partial charge is 0.247 e. The number of benzene rings is 3. The van der Waals surface area contributed by atoms with Gasteiger partial charge in [0.2, 0.25) is 11.8 Å². The van der Waals surface area contributed by atoms with E-state index in [4.69, 9.17) is 32.7 Å². The minimum atomic E-state index is -0.619. The standard InChI is InChI=1S/C32H35Cl2N3O4/c1-20-15-27(33)31(28(34)16-20)41-14-13-40-26-11-9-25(10-12-26)37-29(17-35-18-30(37)38)32(39)36(24-7-8-24)19-23-6-4-5-21(2)22(23)3/h4-6,9-12,15-16,24,29,35H,7-8,13-14,17-19H2,1-3H3/t29-/m1/s1. The first-order valence-corrected chi connectivity index (χ1v) is 14.7. The van der Waals surface area contributed by atoms with Crippen molar-refractivity contribution >= 4 is 40.7 Å². The van der Waals surface area contributed by atoms with Crippen LogP contribution in [-0.4, -0.2) is 55.1 Å². The molecule has 0 spiro atoms. The van der Waals surface area contributed by atoms with E-state index in [0.717, 1.165) is 24.0 Å². The number of nitrogens with zero attached hydrogens (tertiary/aromatic N) is 2. The molecule has 1 saturated heterocycles. The molecule has 1 aliphatic carbocycles. The number of carbonyl (C=O) groups excluding carboxylic acids is 2. The summed E-state index contributed by atoms with van der Waals surface area (Å²) >= 11 is 12.5. The molecule has 9 heteroatoms. The Balaban J connectivity index is 1.25. The zero-order chi connectivity index (χ0) is 29.1.